The second-order valence-electron chi connectivity index (χ2n) is 4.72. The van der Waals surface area contributed by atoms with Crippen LogP contribution < -0.4 is 10.6 Å². The van der Waals surface area contributed by atoms with Crippen molar-refractivity contribution in [2.45, 2.75) is 39.8 Å². The minimum Gasteiger partial charge on any atom is -0.370 e. The van der Waals surface area contributed by atoms with Crippen LogP contribution >= 0.6 is 0 Å². The molecule has 0 radical (unpaired) electrons. The average Bonchev–Trinajstić information content (AvgIpc) is 2.39. The molecule has 0 spiro atoms. The highest BCUT2D eigenvalue weighted by atomic mass is 19.4. The van der Waals surface area contributed by atoms with Crippen molar-refractivity contribution < 1.29 is 13.2 Å². The van der Waals surface area contributed by atoms with Crippen LogP contribution in [0.1, 0.15) is 39.2 Å². The van der Waals surface area contributed by atoms with Crippen LogP contribution in [0.4, 0.5) is 24.8 Å². The van der Waals surface area contributed by atoms with E-state index in [-0.39, 0.29) is 11.6 Å². The average molecular weight is 289 g/mol. The summed E-state index contributed by atoms with van der Waals surface area (Å²) in [6.45, 7) is 7.12. The van der Waals surface area contributed by atoms with Crippen LogP contribution in [0.25, 0.3) is 0 Å². The van der Waals surface area contributed by atoms with Crippen molar-refractivity contribution >= 4 is 11.6 Å². The molecule has 0 aromatic carbocycles. The number of hydrogen-bond donors (Lipinski definition) is 2. The molecule has 2 N–H and O–H groups in total. The lowest BCUT2D eigenvalue weighted by Crippen LogP contribution is -2.15. The van der Waals surface area contributed by atoms with E-state index < -0.39 is 11.7 Å². The number of rotatable bonds is 7. The molecule has 0 aliphatic heterocycles. The summed E-state index contributed by atoms with van der Waals surface area (Å²) in [5.74, 6) is 0.950. The first-order valence-electron chi connectivity index (χ1n) is 6.97. The highest BCUT2D eigenvalue weighted by molar-refractivity contribution is 5.49. The number of aromatic nitrogens is 1. The standard InChI is InChI=1S/C14H22F3N3/c1-4-10(5-2)9-19-13-8-11(14(15,16)17)7-12(20-13)18-6-3/h7-8,10H,4-6,9H2,1-3H3,(H2,18,19,20). The Morgan fingerprint density at radius 3 is 2.05 bits per heavy atom. The summed E-state index contributed by atoms with van der Waals surface area (Å²) in [6, 6.07) is 2.09. The second-order valence-corrected chi connectivity index (χ2v) is 4.72. The zero-order chi connectivity index (χ0) is 15.2. The predicted octanol–water partition coefficient (Wildman–Crippen LogP) is 4.38. The molecular weight excluding hydrogens is 267 g/mol. The summed E-state index contributed by atoms with van der Waals surface area (Å²) in [5.41, 5.74) is -0.685. The Bertz CT molecular complexity index is 415. The number of hydrogen-bond acceptors (Lipinski definition) is 3. The Balaban J connectivity index is 2.91. The molecular formula is C14H22F3N3. The van der Waals surface area contributed by atoms with Crippen LogP contribution in [0.15, 0.2) is 12.1 Å². The highest BCUT2D eigenvalue weighted by Crippen LogP contribution is 2.32. The Morgan fingerprint density at radius 2 is 1.60 bits per heavy atom. The molecule has 1 heterocycles. The fraction of sp³-hybridized carbons (Fsp3) is 0.643. The van der Waals surface area contributed by atoms with Crippen molar-refractivity contribution in [1.82, 2.24) is 4.98 Å². The summed E-state index contributed by atoms with van der Waals surface area (Å²) >= 11 is 0. The molecule has 0 amide bonds. The normalized spacial score (nSPS) is 11.8. The van der Waals surface area contributed by atoms with Gasteiger partial charge in [0.1, 0.15) is 11.6 Å². The Kier molecular flexibility index (Phi) is 6.10. The Morgan fingerprint density at radius 1 is 1.05 bits per heavy atom. The van der Waals surface area contributed by atoms with Crippen molar-refractivity contribution in [3.05, 3.63) is 17.7 Å². The maximum absolute atomic E-state index is 12.8. The molecule has 1 aromatic heterocycles. The van der Waals surface area contributed by atoms with Gasteiger partial charge in [-0.25, -0.2) is 4.98 Å². The first-order chi connectivity index (χ1) is 9.40. The van der Waals surface area contributed by atoms with Gasteiger partial charge in [0.2, 0.25) is 0 Å². The van der Waals surface area contributed by atoms with Crippen LogP contribution in [0.3, 0.4) is 0 Å². The van der Waals surface area contributed by atoms with Gasteiger partial charge in [-0.1, -0.05) is 26.7 Å². The molecule has 0 bridgehead atoms. The maximum Gasteiger partial charge on any atom is 0.416 e. The van der Waals surface area contributed by atoms with E-state index in [2.05, 4.69) is 29.5 Å². The lowest BCUT2D eigenvalue weighted by molar-refractivity contribution is -0.137. The molecule has 0 unspecified atom stereocenters. The van der Waals surface area contributed by atoms with Crippen LogP contribution in [0.2, 0.25) is 0 Å². The second kappa shape index (κ2) is 7.36. The van der Waals surface area contributed by atoms with E-state index in [1.165, 1.54) is 0 Å². The van der Waals surface area contributed by atoms with Crippen LogP contribution in [0, 0.1) is 5.92 Å². The molecule has 0 atom stereocenters. The number of anilines is 2. The fourth-order valence-electron chi connectivity index (χ4n) is 1.88. The Hall–Kier alpha value is -1.46. The zero-order valence-corrected chi connectivity index (χ0v) is 12.1. The molecule has 0 saturated carbocycles. The number of pyridine rings is 1. The number of alkyl halides is 3. The van der Waals surface area contributed by atoms with E-state index in [0.29, 0.717) is 19.0 Å². The first-order valence-corrected chi connectivity index (χ1v) is 6.97. The van der Waals surface area contributed by atoms with Crippen molar-refractivity contribution in [3.8, 4) is 0 Å². The van der Waals surface area contributed by atoms with Gasteiger partial charge in [0.25, 0.3) is 0 Å². The monoisotopic (exact) mass is 289 g/mol. The SMILES string of the molecule is CCNc1cc(C(F)(F)F)cc(NCC(CC)CC)n1. The third-order valence-corrected chi connectivity index (χ3v) is 3.24. The summed E-state index contributed by atoms with van der Waals surface area (Å²) < 4.78 is 38.5. The van der Waals surface area contributed by atoms with E-state index in [0.717, 1.165) is 25.0 Å². The van der Waals surface area contributed by atoms with Crippen LogP contribution in [-0.2, 0) is 6.18 Å². The molecule has 0 fully saturated rings. The van der Waals surface area contributed by atoms with Crippen molar-refractivity contribution in [2.24, 2.45) is 5.92 Å². The lowest BCUT2D eigenvalue weighted by Gasteiger charge is -2.16. The topological polar surface area (TPSA) is 37.0 Å². The van der Waals surface area contributed by atoms with E-state index in [1.807, 2.05) is 6.92 Å². The van der Waals surface area contributed by atoms with Crippen molar-refractivity contribution in [3.63, 3.8) is 0 Å². The van der Waals surface area contributed by atoms with E-state index >= 15 is 0 Å². The fourth-order valence-corrected chi connectivity index (χ4v) is 1.88. The van der Waals surface area contributed by atoms with Gasteiger partial charge in [-0.05, 0) is 25.0 Å². The molecule has 3 nitrogen and oxygen atoms in total. The smallest absolute Gasteiger partial charge is 0.370 e. The molecule has 114 valence electrons. The summed E-state index contributed by atoms with van der Waals surface area (Å²) in [6.07, 6.45) is -2.39. The van der Waals surface area contributed by atoms with Gasteiger partial charge in [0.05, 0.1) is 5.56 Å². The van der Waals surface area contributed by atoms with Crippen molar-refractivity contribution in [2.75, 3.05) is 23.7 Å². The maximum atomic E-state index is 12.8. The van der Waals surface area contributed by atoms with Gasteiger partial charge in [-0.3, -0.25) is 0 Å². The summed E-state index contributed by atoms with van der Waals surface area (Å²) in [4.78, 5) is 4.15. The number of halogens is 3. The first kappa shape index (κ1) is 16.6. The third kappa shape index (κ3) is 4.90. The predicted molar refractivity (Wildman–Crippen MR) is 76.0 cm³/mol. The van der Waals surface area contributed by atoms with E-state index in [1.54, 1.807) is 0 Å². The number of nitrogens with one attached hydrogen (secondary N) is 2. The summed E-state index contributed by atoms with van der Waals surface area (Å²) in [7, 11) is 0. The molecule has 1 aromatic rings. The molecule has 0 saturated heterocycles. The van der Waals surface area contributed by atoms with Crippen molar-refractivity contribution in [1.29, 1.82) is 0 Å². The molecule has 6 heteroatoms. The highest BCUT2D eigenvalue weighted by Gasteiger charge is 2.31. The summed E-state index contributed by atoms with van der Waals surface area (Å²) in [5, 5.41) is 5.83. The largest absolute Gasteiger partial charge is 0.416 e. The lowest BCUT2D eigenvalue weighted by atomic mass is 10.0. The quantitative estimate of drug-likeness (QED) is 0.782. The van der Waals surface area contributed by atoms with E-state index in [9.17, 15) is 13.2 Å². The molecule has 0 aliphatic rings. The molecule has 1 rings (SSSR count). The molecule has 0 aliphatic carbocycles. The minimum atomic E-state index is -4.36. The van der Waals surface area contributed by atoms with Gasteiger partial charge >= 0.3 is 6.18 Å². The van der Waals surface area contributed by atoms with Gasteiger partial charge < -0.3 is 10.6 Å². The van der Waals surface area contributed by atoms with Gasteiger partial charge in [-0.2, -0.15) is 13.2 Å². The zero-order valence-electron chi connectivity index (χ0n) is 12.1. The van der Waals surface area contributed by atoms with E-state index in [4.69, 9.17) is 0 Å². The van der Waals surface area contributed by atoms with Gasteiger partial charge in [0.15, 0.2) is 0 Å². The number of nitrogens with zero attached hydrogens (tertiary/aromatic N) is 1. The molecule has 20 heavy (non-hydrogen) atoms. The minimum absolute atomic E-state index is 0.245. The van der Waals surface area contributed by atoms with Gasteiger partial charge in [-0.15, -0.1) is 0 Å². The third-order valence-electron chi connectivity index (χ3n) is 3.24. The van der Waals surface area contributed by atoms with Gasteiger partial charge in [0, 0.05) is 13.1 Å². The van der Waals surface area contributed by atoms with Crippen LogP contribution in [-0.4, -0.2) is 18.1 Å². The Labute approximate surface area is 118 Å². The van der Waals surface area contributed by atoms with Crippen LogP contribution in [0.5, 0.6) is 0 Å².